The molecule has 2 atom stereocenters. The molecule has 0 saturated heterocycles. The van der Waals surface area contributed by atoms with Gasteiger partial charge < -0.3 is 14.4 Å². The van der Waals surface area contributed by atoms with Gasteiger partial charge in [-0.2, -0.15) is 0 Å². The van der Waals surface area contributed by atoms with Crippen LogP contribution in [0.5, 0.6) is 0 Å². The van der Waals surface area contributed by atoms with Gasteiger partial charge in [0.2, 0.25) is 5.60 Å². The number of ether oxygens (including phenoxy) is 2. The summed E-state index contributed by atoms with van der Waals surface area (Å²) < 4.78 is 10.3. The molecular weight excluding hydrogens is 378 g/mol. The minimum absolute atomic E-state index is 0.0922. The van der Waals surface area contributed by atoms with E-state index in [2.05, 4.69) is 22.5 Å². The van der Waals surface area contributed by atoms with E-state index in [4.69, 9.17) is 9.47 Å². The highest BCUT2D eigenvalue weighted by molar-refractivity contribution is 9.09. The molecule has 1 aromatic carbocycles. The third-order valence-electron chi connectivity index (χ3n) is 3.90. The van der Waals surface area contributed by atoms with Gasteiger partial charge in [-0.3, -0.25) is 14.4 Å². The number of hydrogen-bond acceptors (Lipinski definition) is 5. The van der Waals surface area contributed by atoms with E-state index < -0.39 is 29.4 Å². The number of benzene rings is 1. The predicted molar refractivity (Wildman–Crippen MR) is 91.7 cm³/mol. The summed E-state index contributed by atoms with van der Waals surface area (Å²) in [5.74, 6) is -2.81. The number of esters is 2. The van der Waals surface area contributed by atoms with Crippen molar-refractivity contribution in [1.82, 2.24) is 0 Å². The fourth-order valence-corrected chi connectivity index (χ4v) is 3.69. The summed E-state index contributed by atoms with van der Waals surface area (Å²) in [5.41, 5.74) is -0.720. The lowest BCUT2D eigenvalue weighted by Crippen LogP contribution is -2.52. The molecule has 24 heavy (non-hydrogen) atoms. The third kappa shape index (κ3) is 2.73. The molecule has 1 aliphatic rings. The lowest BCUT2D eigenvalue weighted by molar-refractivity contribution is -0.179. The number of nitrogens with zero attached hydrogens (tertiary/aromatic N) is 1. The van der Waals surface area contributed by atoms with Crippen LogP contribution in [0.25, 0.3) is 0 Å². The normalized spacial score (nSPS) is 20.3. The summed E-state index contributed by atoms with van der Waals surface area (Å²) in [7, 11) is 1.23. The number of amides is 1. The van der Waals surface area contributed by atoms with Crippen LogP contribution in [0.3, 0.4) is 0 Å². The molecule has 1 amide bonds. The number of halogens is 1. The van der Waals surface area contributed by atoms with Crippen LogP contribution in [-0.4, -0.2) is 36.8 Å². The molecular formula is C17H18BrNO5. The number of carbonyl (C=O) groups is 3. The highest BCUT2D eigenvalue weighted by Crippen LogP contribution is 2.48. The zero-order valence-electron chi connectivity index (χ0n) is 13.5. The van der Waals surface area contributed by atoms with E-state index in [9.17, 15) is 14.4 Å². The van der Waals surface area contributed by atoms with Gasteiger partial charge in [0.05, 0.1) is 12.8 Å². The molecule has 1 heterocycles. The molecule has 0 N–H and O–H groups in total. The van der Waals surface area contributed by atoms with Crippen molar-refractivity contribution in [3.8, 4) is 0 Å². The second-order valence-corrected chi connectivity index (χ2v) is 5.93. The first-order valence-electron chi connectivity index (χ1n) is 7.29. The number of carbonyl (C=O) groups excluding carboxylic acids is 3. The molecule has 1 aliphatic heterocycles. The van der Waals surface area contributed by atoms with Gasteiger partial charge in [-0.05, 0) is 6.07 Å². The van der Waals surface area contributed by atoms with E-state index in [-0.39, 0.29) is 11.9 Å². The fourth-order valence-electron chi connectivity index (χ4n) is 2.97. The van der Waals surface area contributed by atoms with Gasteiger partial charge in [-0.25, -0.2) is 0 Å². The molecule has 0 radical (unpaired) electrons. The van der Waals surface area contributed by atoms with Crippen molar-refractivity contribution < 1.29 is 23.9 Å². The van der Waals surface area contributed by atoms with E-state index in [1.165, 1.54) is 18.9 Å². The van der Waals surface area contributed by atoms with Crippen molar-refractivity contribution in [2.45, 2.75) is 12.5 Å². The lowest BCUT2D eigenvalue weighted by atomic mass is 9.82. The number of alkyl halides is 1. The first kappa shape index (κ1) is 18.2. The molecule has 0 aromatic heterocycles. The van der Waals surface area contributed by atoms with Crippen molar-refractivity contribution >= 4 is 39.5 Å². The summed E-state index contributed by atoms with van der Waals surface area (Å²) in [5, 5.41) is 0.0922. The number of hydrogen-bond donors (Lipinski definition) is 0. The molecule has 0 saturated carbocycles. The van der Waals surface area contributed by atoms with Crippen LogP contribution in [0, 0.1) is 5.92 Å². The van der Waals surface area contributed by atoms with Crippen LogP contribution in [0.1, 0.15) is 12.5 Å². The molecule has 128 valence electrons. The van der Waals surface area contributed by atoms with Crippen molar-refractivity contribution in [2.75, 3.05) is 23.9 Å². The molecule has 6 nitrogen and oxygen atoms in total. The minimum Gasteiger partial charge on any atom is -0.469 e. The Morgan fingerprint density at radius 1 is 1.42 bits per heavy atom. The summed E-state index contributed by atoms with van der Waals surface area (Å²) >= 11 is 3.25. The lowest BCUT2D eigenvalue weighted by Gasteiger charge is -2.33. The number of para-hydroxylation sites is 1. The molecule has 1 aromatic rings. The number of fused-ring (bicyclic) bond motifs is 1. The monoisotopic (exact) mass is 395 g/mol. The first-order chi connectivity index (χ1) is 11.4. The van der Waals surface area contributed by atoms with Gasteiger partial charge in [0.25, 0.3) is 5.91 Å². The van der Waals surface area contributed by atoms with Crippen LogP contribution in [0.4, 0.5) is 5.69 Å². The van der Waals surface area contributed by atoms with Gasteiger partial charge >= 0.3 is 11.9 Å². The maximum atomic E-state index is 13.2. The van der Waals surface area contributed by atoms with Crippen molar-refractivity contribution in [3.05, 3.63) is 42.5 Å². The molecule has 0 fully saturated rings. The summed E-state index contributed by atoms with van der Waals surface area (Å²) in [4.78, 5) is 38.7. The van der Waals surface area contributed by atoms with Crippen LogP contribution < -0.4 is 4.90 Å². The van der Waals surface area contributed by atoms with E-state index in [1.54, 1.807) is 30.3 Å². The van der Waals surface area contributed by atoms with Crippen molar-refractivity contribution in [3.63, 3.8) is 0 Å². The molecule has 0 spiro atoms. The van der Waals surface area contributed by atoms with E-state index >= 15 is 0 Å². The first-order valence-corrected chi connectivity index (χ1v) is 8.41. The van der Waals surface area contributed by atoms with Crippen LogP contribution in [0.15, 0.2) is 36.9 Å². The molecule has 0 aliphatic carbocycles. The Labute approximate surface area is 148 Å². The Balaban J connectivity index is 2.74. The maximum absolute atomic E-state index is 13.2. The Bertz CT molecular complexity index is 689. The zero-order chi connectivity index (χ0) is 17.9. The Morgan fingerprint density at radius 2 is 2.08 bits per heavy atom. The second kappa shape index (κ2) is 7.17. The molecule has 2 rings (SSSR count). The largest absolute Gasteiger partial charge is 0.469 e. The van der Waals surface area contributed by atoms with Gasteiger partial charge in [-0.1, -0.05) is 40.2 Å². The number of methoxy groups -OCH3 is 1. The van der Waals surface area contributed by atoms with Crippen molar-refractivity contribution in [1.29, 1.82) is 0 Å². The van der Waals surface area contributed by atoms with Gasteiger partial charge in [0, 0.05) is 24.4 Å². The molecule has 7 heteroatoms. The Hall–Kier alpha value is -2.15. The van der Waals surface area contributed by atoms with Gasteiger partial charge in [0.15, 0.2) is 0 Å². The summed E-state index contributed by atoms with van der Waals surface area (Å²) in [6.45, 7) is 5.09. The minimum atomic E-state index is -1.76. The zero-order valence-corrected chi connectivity index (χ0v) is 15.0. The topological polar surface area (TPSA) is 72.9 Å². The third-order valence-corrected chi connectivity index (χ3v) is 4.55. The molecule has 0 unspecified atom stereocenters. The van der Waals surface area contributed by atoms with E-state index in [0.29, 0.717) is 11.3 Å². The van der Waals surface area contributed by atoms with Crippen LogP contribution in [-0.2, 0) is 29.5 Å². The summed E-state index contributed by atoms with van der Waals surface area (Å²) in [6.07, 6.45) is 1.57. The fraction of sp³-hybridized carbons (Fsp3) is 0.353. The highest BCUT2D eigenvalue weighted by atomic mass is 79.9. The smallest absolute Gasteiger partial charge is 0.314 e. The van der Waals surface area contributed by atoms with Crippen molar-refractivity contribution in [2.24, 2.45) is 5.92 Å². The standard InChI is InChI=1S/C17H18BrNO5/c1-4-9-19-14-8-6-5-7-12(14)17(16(19)22,24-11(2)20)13(10-18)15(21)23-3/h4-8,13H,1,9-10H2,2-3H3/t13-,17-/m0/s1. The van der Waals surface area contributed by atoms with Gasteiger partial charge in [0.1, 0.15) is 5.92 Å². The van der Waals surface area contributed by atoms with Gasteiger partial charge in [-0.15, -0.1) is 6.58 Å². The van der Waals surface area contributed by atoms with E-state index in [1.807, 2.05) is 0 Å². The second-order valence-electron chi connectivity index (χ2n) is 5.28. The van der Waals surface area contributed by atoms with E-state index in [0.717, 1.165) is 0 Å². The predicted octanol–water partition coefficient (Wildman–Crippen LogP) is 2.16. The van der Waals surface area contributed by atoms with Crippen LogP contribution >= 0.6 is 15.9 Å². The average Bonchev–Trinajstić information content (AvgIpc) is 2.79. The average molecular weight is 396 g/mol. The van der Waals surface area contributed by atoms with Crippen LogP contribution in [0.2, 0.25) is 0 Å². The Morgan fingerprint density at radius 3 is 2.62 bits per heavy atom. The Kier molecular flexibility index (Phi) is 5.43. The molecule has 0 bridgehead atoms. The SMILES string of the molecule is C=CCN1C(=O)[C@@](OC(C)=O)([C@@H](CBr)C(=O)OC)c2ccccc21. The number of rotatable bonds is 6. The highest BCUT2D eigenvalue weighted by Gasteiger charge is 2.60. The summed E-state index contributed by atoms with van der Waals surface area (Å²) in [6, 6.07) is 6.92. The number of anilines is 1. The maximum Gasteiger partial charge on any atom is 0.314 e. The quantitative estimate of drug-likeness (QED) is 0.419.